The van der Waals surface area contributed by atoms with Gasteiger partial charge in [0.1, 0.15) is 12.1 Å². The van der Waals surface area contributed by atoms with Gasteiger partial charge in [0.05, 0.1) is 5.69 Å². The topological polar surface area (TPSA) is 75.8 Å². The van der Waals surface area contributed by atoms with E-state index in [2.05, 4.69) is 5.16 Å². The maximum Gasteiger partial charge on any atom is 0.323 e. The van der Waals surface area contributed by atoms with E-state index < -0.39 is 11.5 Å². The summed E-state index contributed by atoms with van der Waals surface area (Å²) in [6.07, 6.45) is 0. The predicted octanol–water partition coefficient (Wildman–Crippen LogP) is 1.12. The molecule has 0 spiro atoms. The SMILES string of the molecule is COCc1cc(CN(C)C(C)(C)C(=O)O)no1. The second kappa shape index (κ2) is 5.29. The quantitative estimate of drug-likeness (QED) is 0.805. The van der Waals surface area contributed by atoms with Crippen LogP contribution in [0.1, 0.15) is 25.3 Å². The van der Waals surface area contributed by atoms with Crippen LogP contribution in [0.2, 0.25) is 0 Å². The molecule has 6 nitrogen and oxygen atoms in total. The maximum atomic E-state index is 11.1. The normalized spacial score (nSPS) is 12.1. The second-order valence-corrected chi connectivity index (χ2v) is 4.44. The predicted molar refractivity (Wildman–Crippen MR) is 60.4 cm³/mol. The summed E-state index contributed by atoms with van der Waals surface area (Å²) in [5, 5.41) is 12.9. The number of carboxylic acids is 1. The van der Waals surface area contributed by atoms with Gasteiger partial charge in [0.15, 0.2) is 5.76 Å². The highest BCUT2D eigenvalue weighted by atomic mass is 16.5. The number of likely N-dealkylation sites (N-methyl/N-ethyl adjacent to an activating group) is 1. The minimum atomic E-state index is -0.944. The molecule has 96 valence electrons. The van der Waals surface area contributed by atoms with Crippen LogP contribution in [0.25, 0.3) is 0 Å². The van der Waals surface area contributed by atoms with E-state index in [9.17, 15) is 4.79 Å². The molecule has 1 aromatic rings. The van der Waals surface area contributed by atoms with E-state index in [1.165, 1.54) is 0 Å². The lowest BCUT2D eigenvalue weighted by Crippen LogP contribution is -2.47. The van der Waals surface area contributed by atoms with Gasteiger partial charge in [0.25, 0.3) is 0 Å². The lowest BCUT2D eigenvalue weighted by molar-refractivity contribution is -0.148. The fourth-order valence-corrected chi connectivity index (χ4v) is 1.24. The van der Waals surface area contributed by atoms with Crippen molar-refractivity contribution >= 4 is 5.97 Å². The van der Waals surface area contributed by atoms with Gasteiger partial charge in [-0.05, 0) is 20.9 Å². The largest absolute Gasteiger partial charge is 0.480 e. The number of nitrogens with zero attached hydrogens (tertiary/aromatic N) is 2. The molecule has 0 fully saturated rings. The van der Waals surface area contributed by atoms with Crippen LogP contribution in [0, 0.1) is 0 Å². The second-order valence-electron chi connectivity index (χ2n) is 4.44. The molecule has 6 heteroatoms. The Balaban J connectivity index is 2.67. The molecular formula is C11H18N2O4. The van der Waals surface area contributed by atoms with Crippen molar-refractivity contribution < 1.29 is 19.2 Å². The third-order valence-corrected chi connectivity index (χ3v) is 2.77. The highest BCUT2D eigenvalue weighted by molar-refractivity contribution is 5.77. The van der Waals surface area contributed by atoms with Crippen LogP contribution in [-0.4, -0.2) is 40.8 Å². The highest BCUT2D eigenvalue weighted by Crippen LogP contribution is 2.16. The smallest absolute Gasteiger partial charge is 0.323 e. The molecule has 0 aromatic carbocycles. The number of hydrogen-bond acceptors (Lipinski definition) is 5. The van der Waals surface area contributed by atoms with Gasteiger partial charge >= 0.3 is 5.97 Å². The Morgan fingerprint density at radius 3 is 2.82 bits per heavy atom. The van der Waals surface area contributed by atoms with Crippen molar-refractivity contribution in [1.29, 1.82) is 0 Å². The monoisotopic (exact) mass is 242 g/mol. The Hall–Kier alpha value is -1.40. The molecular weight excluding hydrogens is 224 g/mol. The third kappa shape index (κ3) is 3.28. The summed E-state index contributed by atoms with van der Waals surface area (Å²) in [4.78, 5) is 12.8. The summed E-state index contributed by atoms with van der Waals surface area (Å²) in [5.41, 5.74) is -0.255. The molecule has 0 aliphatic rings. The average molecular weight is 242 g/mol. The number of rotatable bonds is 6. The minimum Gasteiger partial charge on any atom is -0.480 e. The van der Waals surface area contributed by atoms with E-state index in [-0.39, 0.29) is 0 Å². The van der Waals surface area contributed by atoms with Crippen molar-refractivity contribution in [3.05, 3.63) is 17.5 Å². The van der Waals surface area contributed by atoms with Crippen molar-refractivity contribution in [3.63, 3.8) is 0 Å². The zero-order valence-electron chi connectivity index (χ0n) is 10.6. The van der Waals surface area contributed by atoms with Gasteiger partial charge in [-0.3, -0.25) is 9.69 Å². The first-order chi connectivity index (χ1) is 7.87. The number of hydrogen-bond donors (Lipinski definition) is 1. The van der Waals surface area contributed by atoms with E-state index >= 15 is 0 Å². The van der Waals surface area contributed by atoms with Crippen LogP contribution in [0.5, 0.6) is 0 Å². The van der Waals surface area contributed by atoms with Crippen LogP contribution in [0.4, 0.5) is 0 Å². The number of aliphatic carboxylic acids is 1. The molecule has 0 bridgehead atoms. The Labute approximate surface area is 100 Å². The number of carbonyl (C=O) groups is 1. The zero-order chi connectivity index (χ0) is 13.1. The first-order valence-corrected chi connectivity index (χ1v) is 5.26. The molecule has 1 heterocycles. The summed E-state index contributed by atoms with van der Waals surface area (Å²) in [7, 11) is 3.31. The molecule has 0 unspecified atom stereocenters. The van der Waals surface area contributed by atoms with E-state index in [4.69, 9.17) is 14.4 Å². The Morgan fingerprint density at radius 1 is 1.65 bits per heavy atom. The van der Waals surface area contributed by atoms with Crippen molar-refractivity contribution in [3.8, 4) is 0 Å². The van der Waals surface area contributed by atoms with E-state index in [0.717, 1.165) is 0 Å². The number of carboxylic acid groups (broad SMARTS) is 1. The Kier molecular flexibility index (Phi) is 4.25. The fourth-order valence-electron chi connectivity index (χ4n) is 1.24. The number of methoxy groups -OCH3 is 1. The zero-order valence-corrected chi connectivity index (χ0v) is 10.6. The maximum absolute atomic E-state index is 11.1. The molecule has 0 atom stereocenters. The number of ether oxygens (including phenoxy) is 1. The van der Waals surface area contributed by atoms with Crippen molar-refractivity contribution in [1.82, 2.24) is 10.1 Å². The third-order valence-electron chi connectivity index (χ3n) is 2.77. The van der Waals surface area contributed by atoms with Gasteiger partial charge in [-0.1, -0.05) is 5.16 Å². The van der Waals surface area contributed by atoms with Crippen LogP contribution in [0.15, 0.2) is 10.6 Å². The van der Waals surface area contributed by atoms with Crippen LogP contribution in [0.3, 0.4) is 0 Å². The van der Waals surface area contributed by atoms with Crippen molar-refractivity contribution in [2.75, 3.05) is 14.2 Å². The molecule has 1 aromatic heterocycles. The first kappa shape index (κ1) is 13.7. The van der Waals surface area contributed by atoms with Crippen LogP contribution < -0.4 is 0 Å². The van der Waals surface area contributed by atoms with E-state index in [0.29, 0.717) is 24.6 Å². The van der Waals surface area contributed by atoms with E-state index in [1.807, 2.05) is 0 Å². The van der Waals surface area contributed by atoms with E-state index in [1.54, 1.807) is 39.0 Å². The van der Waals surface area contributed by atoms with Gasteiger partial charge in [-0.2, -0.15) is 0 Å². The van der Waals surface area contributed by atoms with Gasteiger partial charge in [0, 0.05) is 19.7 Å². The summed E-state index contributed by atoms with van der Waals surface area (Å²) >= 11 is 0. The summed E-state index contributed by atoms with van der Waals surface area (Å²) in [6.45, 7) is 4.06. The minimum absolute atomic E-state index is 0.360. The number of aromatic nitrogens is 1. The standard InChI is InChI=1S/C11H18N2O4/c1-11(2,10(14)15)13(3)6-8-5-9(7-16-4)17-12-8/h5H,6-7H2,1-4H3,(H,14,15). The molecule has 0 amide bonds. The van der Waals surface area contributed by atoms with Gasteiger partial charge in [-0.25, -0.2) is 0 Å². The van der Waals surface area contributed by atoms with Gasteiger partial charge in [-0.15, -0.1) is 0 Å². The summed E-state index contributed by atoms with van der Waals surface area (Å²) < 4.78 is 9.94. The van der Waals surface area contributed by atoms with Gasteiger partial charge in [0.2, 0.25) is 0 Å². The van der Waals surface area contributed by atoms with Gasteiger partial charge < -0.3 is 14.4 Å². The molecule has 1 N–H and O–H groups in total. The molecule has 17 heavy (non-hydrogen) atoms. The Bertz CT molecular complexity index is 387. The molecule has 0 saturated carbocycles. The highest BCUT2D eigenvalue weighted by Gasteiger charge is 2.32. The first-order valence-electron chi connectivity index (χ1n) is 5.26. The Morgan fingerprint density at radius 2 is 2.29 bits per heavy atom. The fraction of sp³-hybridized carbons (Fsp3) is 0.636. The molecule has 1 rings (SSSR count). The molecule has 0 aliphatic heterocycles. The summed E-state index contributed by atoms with van der Waals surface area (Å²) in [6, 6.07) is 1.76. The average Bonchev–Trinajstić information content (AvgIpc) is 2.65. The van der Waals surface area contributed by atoms with Crippen LogP contribution >= 0.6 is 0 Å². The molecule has 0 aliphatic carbocycles. The summed E-state index contributed by atoms with van der Waals surface area (Å²) in [5.74, 6) is -0.246. The van der Waals surface area contributed by atoms with Crippen molar-refractivity contribution in [2.24, 2.45) is 0 Å². The lowest BCUT2D eigenvalue weighted by Gasteiger charge is -2.30. The lowest BCUT2D eigenvalue weighted by atomic mass is 10.0. The van der Waals surface area contributed by atoms with Crippen LogP contribution in [-0.2, 0) is 22.7 Å². The van der Waals surface area contributed by atoms with Crippen molar-refractivity contribution in [2.45, 2.75) is 32.5 Å². The molecule has 0 saturated heterocycles. The molecule has 0 radical (unpaired) electrons.